The molecule has 1 rings (SSSR count). The number of nitrogens with one attached hydrogen (secondary N) is 1. The van der Waals surface area contributed by atoms with E-state index in [9.17, 15) is 20.0 Å². The summed E-state index contributed by atoms with van der Waals surface area (Å²) in [5, 5.41) is 27.7. The van der Waals surface area contributed by atoms with Gasteiger partial charge in [0, 0.05) is 6.54 Å². The second-order valence-corrected chi connectivity index (χ2v) is 4.77. The summed E-state index contributed by atoms with van der Waals surface area (Å²) in [6.45, 7) is 4.98. The summed E-state index contributed by atoms with van der Waals surface area (Å²) in [4.78, 5) is 21.6. The van der Waals surface area contributed by atoms with Crippen LogP contribution in [0.3, 0.4) is 0 Å². The molecule has 0 fully saturated rings. The Morgan fingerprint density at radius 1 is 1.57 bits per heavy atom. The number of aliphatic hydroxyl groups excluding tert-OH is 1. The van der Waals surface area contributed by atoms with E-state index in [0.29, 0.717) is 11.4 Å². The lowest BCUT2D eigenvalue weighted by Crippen LogP contribution is -2.40. The SMILES string of the molecule is COC(=O)C(C)NCC(O)Cn1nc(C)c([N+](=O)[O-])c1C. The quantitative estimate of drug-likeness (QED) is 0.410. The molecule has 0 spiro atoms. The van der Waals surface area contributed by atoms with Crippen molar-refractivity contribution in [2.45, 2.75) is 39.5 Å². The molecule has 0 aliphatic carbocycles. The minimum absolute atomic E-state index is 0.0434. The maximum atomic E-state index is 11.2. The molecule has 118 valence electrons. The van der Waals surface area contributed by atoms with Crippen molar-refractivity contribution in [3.8, 4) is 0 Å². The number of ether oxygens (including phenoxy) is 1. The van der Waals surface area contributed by atoms with Crippen LogP contribution in [-0.4, -0.2) is 51.6 Å². The Labute approximate surface area is 122 Å². The van der Waals surface area contributed by atoms with Crippen molar-refractivity contribution in [2.75, 3.05) is 13.7 Å². The molecule has 2 atom stereocenters. The van der Waals surface area contributed by atoms with Crippen LogP contribution in [0.5, 0.6) is 0 Å². The zero-order chi connectivity index (χ0) is 16.2. The van der Waals surface area contributed by atoms with Crippen LogP contribution >= 0.6 is 0 Å². The number of carbonyl (C=O) groups excluding carboxylic acids is 1. The first kappa shape index (κ1) is 17.1. The number of carbonyl (C=O) groups is 1. The van der Waals surface area contributed by atoms with Gasteiger partial charge in [-0.05, 0) is 20.8 Å². The smallest absolute Gasteiger partial charge is 0.322 e. The van der Waals surface area contributed by atoms with Crippen molar-refractivity contribution in [1.29, 1.82) is 0 Å². The van der Waals surface area contributed by atoms with E-state index in [4.69, 9.17) is 0 Å². The van der Waals surface area contributed by atoms with Gasteiger partial charge in [0.25, 0.3) is 0 Å². The number of nitrogens with zero attached hydrogens (tertiary/aromatic N) is 3. The van der Waals surface area contributed by atoms with Gasteiger partial charge in [-0.1, -0.05) is 0 Å². The Bertz CT molecular complexity index is 528. The van der Waals surface area contributed by atoms with E-state index in [1.807, 2.05) is 0 Å². The number of aliphatic hydroxyl groups is 1. The first-order valence-corrected chi connectivity index (χ1v) is 6.45. The Kier molecular flexibility index (Phi) is 5.79. The summed E-state index contributed by atoms with van der Waals surface area (Å²) < 4.78 is 5.94. The van der Waals surface area contributed by atoms with E-state index < -0.39 is 23.0 Å². The lowest BCUT2D eigenvalue weighted by Gasteiger charge is -2.16. The number of rotatable bonds is 7. The van der Waals surface area contributed by atoms with Crippen LogP contribution < -0.4 is 5.32 Å². The van der Waals surface area contributed by atoms with Crippen LogP contribution in [0.2, 0.25) is 0 Å². The molecule has 0 aromatic carbocycles. The lowest BCUT2D eigenvalue weighted by atomic mass is 10.3. The summed E-state index contributed by atoms with van der Waals surface area (Å²) in [6.07, 6.45) is -0.838. The van der Waals surface area contributed by atoms with Crippen molar-refractivity contribution in [2.24, 2.45) is 0 Å². The molecule has 1 heterocycles. The molecule has 0 bridgehead atoms. The third kappa shape index (κ3) is 4.23. The lowest BCUT2D eigenvalue weighted by molar-refractivity contribution is -0.386. The molecule has 0 radical (unpaired) electrons. The molecule has 0 saturated carbocycles. The Hall–Kier alpha value is -2.00. The van der Waals surface area contributed by atoms with Crippen LogP contribution in [0, 0.1) is 24.0 Å². The molecular weight excluding hydrogens is 280 g/mol. The van der Waals surface area contributed by atoms with Crippen LogP contribution in [-0.2, 0) is 16.1 Å². The average molecular weight is 300 g/mol. The molecule has 9 heteroatoms. The molecule has 21 heavy (non-hydrogen) atoms. The molecule has 9 nitrogen and oxygen atoms in total. The first-order valence-electron chi connectivity index (χ1n) is 6.45. The Morgan fingerprint density at radius 3 is 2.67 bits per heavy atom. The van der Waals surface area contributed by atoms with Crippen LogP contribution in [0.15, 0.2) is 0 Å². The number of nitro groups is 1. The number of hydrogen-bond donors (Lipinski definition) is 2. The Balaban J connectivity index is 2.64. The van der Waals surface area contributed by atoms with Crippen molar-refractivity contribution < 1.29 is 19.6 Å². The van der Waals surface area contributed by atoms with Crippen molar-refractivity contribution in [3.05, 3.63) is 21.5 Å². The molecule has 0 amide bonds. The van der Waals surface area contributed by atoms with E-state index in [1.54, 1.807) is 20.8 Å². The Morgan fingerprint density at radius 2 is 2.19 bits per heavy atom. The molecule has 1 aromatic rings. The second kappa shape index (κ2) is 7.14. The van der Waals surface area contributed by atoms with Crippen molar-refractivity contribution >= 4 is 11.7 Å². The predicted molar refractivity (Wildman–Crippen MR) is 73.8 cm³/mol. The molecule has 2 unspecified atom stereocenters. The average Bonchev–Trinajstić information content (AvgIpc) is 2.69. The van der Waals surface area contributed by atoms with Gasteiger partial charge < -0.3 is 15.2 Å². The largest absolute Gasteiger partial charge is 0.468 e. The minimum Gasteiger partial charge on any atom is -0.468 e. The van der Waals surface area contributed by atoms with Crippen LogP contribution in [0.25, 0.3) is 0 Å². The van der Waals surface area contributed by atoms with Gasteiger partial charge in [0.15, 0.2) is 0 Å². The van der Waals surface area contributed by atoms with Gasteiger partial charge in [0.2, 0.25) is 0 Å². The molecule has 0 aliphatic heterocycles. The van der Waals surface area contributed by atoms with E-state index in [2.05, 4.69) is 15.2 Å². The summed E-state index contributed by atoms with van der Waals surface area (Å²) in [6, 6.07) is -0.542. The second-order valence-electron chi connectivity index (χ2n) is 4.77. The van der Waals surface area contributed by atoms with Gasteiger partial charge in [-0.3, -0.25) is 19.6 Å². The van der Waals surface area contributed by atoms with Gasteiger partial charge in [0.1, 0.15) is 17.4 Å². The highest BCUT2D eigenvalue weighted by molar-refractivity contribution is 5.75. The monoisotopic (exact) mass is 300 g/mol. The van der Waals surface area contributed by atoms with Crippen molar-refractivity contribution in [1.82, 2.24) is 15.1 Å². The fraction of sp³-hybridized carbons (Fsp3) is 0.667. The molecule has 1 aromatic heterocycles. The first-order chi connectivity index (χ1) is 9.77. The minimum atomic E-state index is -0.838. The summed E-state index contributed by atoms with van der Waals surface area (Å²) in [5.41, 5.74) is 0.649. The fourth-order valence-corrected chi connectivity index (χ4v) is 1.97. The maximum Gasteiger partial charge on any atom is 0.322 e. The highest BCUT2D eigenvalue weighted by Gasteiger charge is 2.23. The van der Waals surface area contributed by atoms with Crippen molar-refractivity contribution in [3.63, 3.8) is 0 Å². The standard InChI is InChI=1S/C12H20N4O5/c1-7-11(16(19)20)9(3)15(14-7)6-10(17)5-13-8(2)12(18)21-4/h8,10,13,17H,5-6H2,1-4H3. The predicted octanol–water partition coefficient (Wildman–Crippen LogP) is -0.0799. The fourth-order valence-electron chi connectivity index (χ4n) is 1.97. The number of methoxy groups -OCH3 is 1. The third-order valence-corrected chi connectivity index (χ3v) is 3.12. The number of hydrogen-bond acceptors (Lipinski definition) is 7. The molecule has 0 aliphatic rings. The van der Waals surface area contributed by atoms with E-state index in [0.717, 1.165) is 0 Å². The summed E-state index contributed by atoms with van der Waals surface area (Å²) >= 11 is 0. The highest BCUT2D eigenvalue weighted by atomic mass is 16.6. The summed E-state index contributed by atoms with van der Waals surface area (Å²) in [5.74, 6) is -0.427. The zero-order valence-corrected chi connectivity index (χ0v) is 12.5. The van der Waals surface area contributed by atoms with E-state index >= 15 is 0 Å². The normalized spacial score (nSPS) is 13.8. The summed E-state index contributed by atoms with van der Waals surface area (Å²) in [7, 11) is 1.28. The van der Waals surface area contributed by atoms with Gasteiger partial charge in [-0.2, -0.15) is 5.10 Å². The van der Waals surface area contributed by atoms with Gasteiger partial charge >= 0.3 is 11.7 Å². The zero-order valence-electron chi connectivity index (χ0n) is 12.5. The highest BCUT2D eigenvalue weighted by Crippen LogP contribution is 2.21. The topological polar surface area (TPSA) is 120 Å². The van der Waals surface area contributed by atoms with Gasteiger partial charge in [-0.15, -0.1) is 0 Å². The molecular formula is C12H20N4O5. The molecule has 2 N–H and O–H groups in total. The number of aryl methyl sites for hydroxylation is 1. The van der Waals surface area contributed by atoms with Gasteiger partial charge in [-0.25, -0.2) is 0 Å². The van der Waals surface area contributed by atoms with Gasteiger partial charge in [0.05, 0.1) is 24.7 Å². The van der Waals surface area contributed by atoms with E-state index in [-0.39, 0.29) is 18.8 Å². The van der Waals surface area contributed by atoms with Crippen LogP contribution in [0.1, 0.15) is 18.3 Å². The maximum absolute atomic E-state index is 11.2. The number of esters is 1. The molecule has 0 saturated heterocycles. The number of aromatic nitrogens is 2. The van der Waals surface area contributed by atoms with Crippen LogP contribution in [0.4, 0.5) is 5.69 Å². The van der Waals surface area contributed by atoms with E-state index in [1.165, 1.54) is 11.8 Å². The third-order valence-electron chi connectivity index (χ3n) is 3.12.